The lowest BCUT2D eigenvalue weighted by molar-refractivity contribution is 0.191. The molecule has 0 spiro atoms. The van der Waals surface area contributed by atoms with E-state index in [0.29, 0.717) is 17.4 Å². The highest BCUT2D eigenvalue weighted by Crippen LogP contribution is 2.28. The van der Waals surface area contributed by atoms with E-state index in [1.54, 1.807) is 36.5 Å². The van der Waals surface area contributed by atoms with Crippen LogP contribution in [0.5, 0.6) is 5.75 Å². The number of rotatable bonds is 5. The van der Waals surface area contributed by atoms with Gasteiger partial charge in [0.05, 0.1) is 12.7 Å². The molecular formula is C14H15ClO2S. The van der Waals surface area contributed by atoms with Crippen LogP contribution in [0.2, 0.25) is 5.02 Å². The Balaban J connectivity index is 2.00. The second-order valence-electron chi connectivity index (χ2n) is 4.09. The maximum absolute atomic E-state index is 9.68. The molecule has 0 aliphatic carbocycles. The first-order valence-electron chi connectivity index (χ1n) is 5.78. The van der Waals surface area contributed by atoms with E-state index in [0.717, 1.165) is 12.0 Å². The fourth-order valence-electron chi connectivity index (χ4n) is 1.69. The number of aliphatic hydroxyl groups is 1. The Hall–Kier alpha value is -1.03. The van der Waals surface area contributed by atoms with Crippen LogP contribution in [0.15, 0.2) is 35.0 Å². The number of ether oxygens (including phenoxy) is 1. The second-order valence-corrected chi connectivity index (χ2v) is 5.30. The molecule has 0 radical (unpaired) electrons. The van der Waals surface area contributed by atoms with E-state index < -0.39 is 6.10 Å². The smallest absolute Gasteiger partial charge is 0.125 e. The van der Waals surface area contributed by atoms with Crippen LogP contribution in [0.3, 0.4) is 0 Å². The van der Waals surface area contributed by atoms with Gasteiger partial charge in [0.1, 0.15) is 5.75 Å². The minimum absolute atomic E-state index is 0.583. The summed E-state index contributed by atoms with van der Waals surface area (Å²) in [6.45, 7) is 2.30. The summed E-state index contributed by atoms with van der Waals surface area (Å²) in [5.41, 5.74) is 2.00. The summed E-state index contributed by atoms with van der Waals surface area (Å²) in [6, 6.07) is 7.41. The molecule has 2 nitrogen and oxygen atoms in total. The Morgan fingerprint density at radius 3 is 2.89 bits per heavy atom. The Morgan fingerprint density at radius 1 is 1.39 bits per heavy atom. The van der Waals surface area contributed by atoms with Crippen molar-refractivity contribution >= 4 is 22.9 Å². The van der Waals surface area contributed by atoms with E-state index in [1.165, 1.54) is 5.56 Å². The number of hydrogen-bond donors (Lipinski definition) is 1. The Morgan fingerprint density at radius 2 is 2.22 bits per heavy atom. The van der Waals surface area contributed by atoms with Crippen LogP contribution in [0, 0.1) is 0 Å². The van der Waals surface area contributed by atoms with Crippen molar-refractivity contribution in [2.24, 2.45) is 0 Å². The second kappa shape index (κ2) is 6.23. The SMILES string of the molecule is C[C@@H](O)c1cc(Cl)ccc1OCCc1ccsc1. The molecule has 1 heterocycles. The number of thiophene rings is 1. The van der Waals surface area contributed by atoms with Gasteiger partial charge in [0, 0.05) is 17.0 Å². The lowest BCUT2D eigenvalue weighted by atomic mass is 10.1. The summed E-state index contributed by atoms with van der Waals surface area (Å²) in [6.07, 6.45) is 0.283. The van der Waals surface area contributed by atoms with E-state index in [4.69, 9.17) is 16.3 Å². The topological polar surface area (TPSA) is 29.5 Å². The molecule has 0 fully saturated rings. The van der Waals surface area contributed by atoms with Crippen molar-refractivity contribution in [2.45, 2.75) is 19.4 Å². The van der Waals surface area contributed by atoms with E-state index in [9.17, 15) is 5.11 Å². The molecular weight excluding hydrogens is 268 g/mol. The minimum atomic E-state index is -0.583. The highest BCUT2D eigenvalue weighted by atomic mass is 35.5. The summed E-state index contributed by atoms with van der Waals surface area (Å²) in [7, 11) is 0. The van der Waals surface area contributed by atoms with Gasteiger partial charge in [-0.15, -0.1) is 0 Å². The van der Waals surface area contributed by atoms with Crippen LogP contribution >= 0.6 is 22.9 Å². The summed E-state index contributed by atoms with van der Waals surface area (Å²) in [4.78, 5) is 0. The fraction of sp³-hybridized carbons (Fsp3) is 0.286. The number of benzene rings is 1. The van der Waals surface area contributed by atoms with Crippen molar-refractivity contribution in [3.8, 4) is 5.75 Å². The number of hydrogen-bond acceptors (Lipinski definition) is 3. The van der Waals surface area contributed by atoms with Crippen molar-refractivity contribution in [2.75, 3.05) is 6.61 Å². The summed E-state index contributed by atoms with van der Waals surface area (Å²) in [5, 5.41) is 14.4. The van der Waals surface area contributed by atoms with Gasteiger partial charge in [0.15, 0.2) is 0 Å². The van der Waals surface area contributed by atoms with Gasteiger partial charge in [-0.05, 0) is 47.5 Å². The van der Waals surface area contributed by atoms with Gasteiger partial charge in [0.2, 0.25) is 0 Å². The molecule has 2 aromatic rings. The maximum Gasteiger partial charge on any atom is 0.125 e. The molecule has 4 heteroatoms. The average molecular weight is 283 g/mol. The Bertz CT molecular complexity index is 495. The molecule has 0 aliphatic heterocycles. The largest absolute Gasteiger partial charge is 0.493 e. The Labute approximate surface area is 116 Å². The zero-order chi connectivity index (χ0) is 13.0. The highest BCUT2D eigenvalue weighted by Gasteiger charge is 2.09. The predicted molar refractivity (Wildman–Crippen MR) is 75.6 cm³/mol. The molecule has 2 rings (SSSR count). The maximum atomic E-state index is 9.68. The van der Waals surface area contributed by atoms with E-state index >= 15 is 0 Å². The van der Waals surface area contributed by atoms with Crippen LogP contribution in [0.1, 0.15) is 24.2 Å². The minimum Gasteiger partial charge on any atom is -0.493 e. The fourth-order valence-corrected chi connectivity index (χ4v) is 2.57. The van der Waals surface area contributed by atoms with E-state index in [2.05, 4.69) is 16.8 Å². The van der Waals surface area contributed by atoms with Crippen LogP contribution in [0.25, 0.3) is 0 Å². The van der Waals surface area contributed by atoms with E-state index in [1.807, 2.05) is 0 Å². The van der Waals surface area contributed by atoms with Gasteiger partial charge in [-0.3, -0.25) is 0 Å². The lowest BCUT2D eigenvalue weighted by Gasteiger charge is -2.13. The third kappa shape index (κ3) is 3.48. The summed E-state index contributed by atoms with van der Waals surface area (Å²) < 4.78 is 5.71. The van der Waals surface area contributed by atoms with Crippen LogP contribution < -0.4 is 4.74 Å². The molecule has 1 aromatic heterocycles. The van der Waals surface area contributed by atoms with Gasteiger partial charge in [-0.1, -0.05) is 11.6 Å². The molecule has 1 atom stereocenters. The first-order valence-corrected chi connectivity index (χ1v) is 7.10. The van der Waals surface area contributed by atoms with Crippen molar-refractivity contribution in [1.82, 2.24) is 0 Å². The van der Waals surface area contributed by atoms with Crippen molar-refractivity contribution in [3.05, 3.63) is 51.2 Å². The molecule has 0 unspecified atom stereocenters. The number of halogens is 1. The lowest BCUT2D eigenvalue weighted by Crippen LogP contribution is -2.04. The predicted octanol–water partition coefficient (Wildman–Crippen LogP) is 4.08. The highest BCUT2D eigenvalue weighted by molar-refractivity contribution is 7.07. The van der Waals surface area contributed by atoms with Gasteiger partial charge in [0.25, 0.3) is 0 Å². The third-order valence-electron chi connectivity index (χ3n) is 2.65. The van der Waals surface area contributed by atoms with Crippen molar-refractivity contribution in [3.63, 3.8) is 0 Å². The zero-order valence-electron chi connectivity index (χ0n) is 10.1. The molecule has 96 valence electrons. The van der Waals surface area contributed by atoms with Gasteiger partial charge >= 0.3 is 0 Å². The van der Waals surface area contributed by atoms with Crippen LogP contribution in [0.4, 0.5) is 0 Å². The van der Waals surface area contributed by atoms with Gasteiger partial charge < -0.3 is 9.84 Å². The third-order valence-corrected chi connectivity index (χ3v) is 3.62. The summed E-state index contributed by atoms with van der Waals surface area (Å²) >= 11 is 7.59. The zero-order valence-corrected chi connectivity index (χ0v) is 11.7. The van der Waals surface area contributed by atoms with Crippen molar-refractivity contribution < 1.29 is 9.84 Å². The molecule has 0 bridgehead atoms. The quantitative estimate of drug-likeness (QED) is 0.895. The van der Waals surface area contributed by atoms with Crippen LogP contribution in [-0.2, 0) is 6.42 Å². The normalized spacial score (nSPS) is 12.4. The Kier molecular flexibility index (Phi) is 4.64. The van der Waals surface area contributed by atoms with Gasteiger partial charge in [-0.25, -0.2) is 0 Å². The molecule has 0 saturated carbocycles. The average Bonchev–Trinajstić information content (AvgIpc) is 2.84. The summed E-state index contributed by atoms with van der Waals surface area (Å²) in [5.74, 6) is 0.699. The molecule has 1 N–H and O–H groups in total. The molecule has 1 aromatic carbocycles. The van der Waals surface area contributed by atoms with Gasteiger partial charge in [-0.2, -0.15) is 11.3 Å². The van der Waals surface area contributed by atoms with E-state index in [-0.39, 0.29) is 0 Å². The molecule has 18 heavy (non-hydrogen) atoms. The first kappa shape index (κ1) is 13.4. The van der Waals surface area contributed by atoms with Crippen molar-refractivity contribution in [1.29, 1.82) is 0 Å². The van der Waals surface area contributed by atoms with Crippen LogP contribution in [-0.4, -0.2) is 11.7 Å². The molecule has 0 aliphatic rings. The monoisotopic (exact) mass is 282 g/mol. The standard InChI is InChI=1S/C14H15ClO2S/c1-10(16)13-8-12(15)2-3-14(13)17-6-4-11-5-7-18-9-11/h2-3,5,7-10,16H,4,6H2,1H3/t10-/m1/s1. The number of aliphatic hydroxyl groups excluding tert-OH is 1. The molecule has 0 saturated heterocycles. The molecule has 0 amide bonds. The first-order chi connectivity index (χ1) is 8.66.